The van der Waals surface area contributed by atoms with Crippen LogP contribution in [0.1, 0.15) is 35.1 Å². The zero-order valence-electron chi connectivity index (χ0n) is 13.6. The number of benzene rings is 2. The molecule has 1 amide bonds. The Labute approximate surface area is 145 Å². The number of hydrogen-bond acceptors (Lipinski definition) is 2. The number of hydrogen-bond donors (Lipinski definition) is 1. The van der Waals surface area contributed by atoms with Crippen LogP contribution in [0, 0.1) is 13.8 Å². The van der Waals surface area contributed by atoms with E-state index < -0.39 is 0 Å². The van der Waals surface area contributed by atoms with E-state index in [1.54, 1.807) is 0 Å². The van der Waals surface area contributed by atoms with Crippen molar-refractivity contribution in [3.05, 3.63) is 57.1 Å². The molecule has 2 aromatic rings. The molecule has 4 heteroatoms. The van der Waals surface area contributed by atoms with E-state index in [0.717, 1.165) is 32.6 Å². The molecule has 0 radical (unpaired) electrons. The predicted molar refractivity (Wildman–Crippen MR) is 96.3 cm³/mol. The maximum Gasteiger partial charge on any atom is 0.232 e. The van der Waals surface area contributed by atoms with Crippen molar-refractivity contribution >= 4 is 27.5 Å². The van der Waals surface area contributed by atoms with Gasteiger partial charge in [0.2, 0.25) is 5.91 Å². The molecule has 1 aliphatic rings. The second-order valence-corrected chi connectivity index (χ2v) is 6.83. The fourth-order valence-electron chi connectivity index (χ4n) is 3.18. The smallest absolute Gasteiger partial charge is 0.232 e. The summed E-state index contributed by atoms with van der Waals surface area (Å²) >= 11 is 3.59. The summed E-state index contributed by atoms with van der Waals surface area (Å²) in [4.78, 5) is 12.5. The molecule has 3 rings (SSSR count). The van der Waals surface area contributed by atoms with Crippen LogP contribution in [0.4, 0.5) is 5.69 Å². The number of anilines is 1. The van der Waals surface area contributed by atoms with Crippen molar-refractivity contribution in [3.8, 4) is 5.75 Å². The fourth-order valence-corrected chi connectivity index (χ4v) is 3.59. The average Bonchev–Trinajstić information content (AvgIpc) is 2.80. The van der Waals surface area contributed by atoms with Gasteiger partial charge in [-0.1, -0.05) is 33.6 Å². The summed E-state index contributed by atoms with van der Waals surface area (Å²) in [7, 11) is 0. The summed E-state index contributed by atoms with van der Waals surface area (Å²) in [5.41, 5.74) is 5.47. The van der Waals surface area contributed by atoms with E-state index in [4.69, 9.17) is 4.74 Å². The van der Waals surface area contributed by atoms with Crippen LogP contribution in [0.5, 0.6) is 5.75 Å². The van der Waals surface area contributed by atoms with Gasteiger partial charge in [0.15, 0.2) is 0 Å². The Morgan fingerprint density at radius 1 is 1.22 bits per heavy atom. The first kappa shape index (κ1) is 16.1. The summed E-state index contributed by atoms with van der Waals surface area (Å²) in [5.74, 6) is 0.754. The molecular weight excluding hydrogens is 354 g/mol. The van der Waals surface area contributed by atoms with Gasteiger partial charge in [-0.3, -0.25) is 4.79 Å². The Bertz CT molecular complexity index is 770. The SMILES string of the molecule is CCOc1ccc(Br)c(CC2C(=O)Nc3c(C)cc(C)cc32)c1. The predicted octanol–water partition coefficient (Wildman–Crippen LogP) is 4.74. The van der Waals surface area contributed by atoms with Crippen molar-refractivity contribution in [2.24, 2.45) is 0 Å². The Morgan fingerprint density at radius 3 is 2.74 bits per heavy atom. The zero-order chi connectivity index (χ0) is 16.6. The molecule has 0 aromatic heterocycles. The maximum atomic E-state index is 12.5. The molecular formula is C19H20BrNO2. The van der Waals surface area contributed by atoms with E-state index in [-0.39, 0.29) is 11.8 Å². The van der Waals surface area contributed by atoms with Crippen LogP contribution in [0.3, 0.4) is 0 Å². The lowest BCUT2D eigenvalue weighted by molar-refractivity contribution is -0.117. The molecule has 2 aromatic carbocycles. The fraction of sp³-hybridized carbons (Fsp3) is 0.316. The molecule has 3 nitrogen and oxygen atoms in total. The first-order valence-corrected chi connectivity index (χ1v) is 8.62. The van der Waals surface area contributed by atoms with Gasteiger partial charge >= 0.3 is 0 Å². The monoisotopic (exact) mass is 373 g/mol. The van der Waals surface area contributed by atoms with Crippen molar-refractivity contribution in [1.82, 2.24) is 0 Å². The van der Waals surface area contributed by atoms with Gasteiger partial charge in [-0.15, -0.1) is 0 Å². The normalized spacial score (nSPS) is 16.2. The van der Waals surface area contributed by atoms with E-state index in [9.17, 15) is 4.79 Å². The van der Waals surface area contributed by atoms with E-state index in [0.29, 0.717) is 13.0 Å². The van der Waals surface area contributed by atoms with Crippen LogP contribution in [-0.2, 0) is 11.2 Å². The number of carbonyl (C=O) groups is 1. The number of fused-ring (bicyclic) bond motifs is 1. The van der Waals surface area contributed by atoms with E-state index in [1.807, 2.05) is 32.0 Å². The second-order valence-electron chi connectivity index (χ2n) is 5.98. The topological polar surface area (TPSA) is 38.3 Å². The first-order chi connectivity index (χ1) is 11.0. The molecule has 1 heterocycles. The highest BCUT2D eigenvalue weighted by molar-refractivity contribution is 9.10. The van der Waals surface area contributed by atoms with Gasteiger partial charge in [0.1, 0.15) is 5.75 Å². The summed E-state index contributed by atoms with van der Waals surface area (Å²) in [6.45, 7) is 6.71. The Morgan fingerprint density at radius 2 is 2.00 bits per heavy atom. The molecule has 1 atom stereocenters. The van der Waals surface area contributed by atoms with Crippen molar-refractivity contribution in [2.75, 3.05) is 11.9 Å². The molecule has 0 spiro atoms. The van der Waals surface area contributed by atoms with Crippen LogP contribution >= 0.6 is 15.9 Å². The number of ether oxygens (including phenoxy) is 1. The number of carbonyl (C=O) groups excluding carboxylic acids is 1. The number of halogens is 1. The van der Waals surface area contributed by atoms with Crippen LogP contribution in [0.15, 0.2) is 34.8 Å². The molecule has 0 fully saturated rings. The van der Waals surface area contributed by atoms with E-state index in [1.165, 1.54) is 5.56 Å². The molecule has 1 unspecified atom stereocenters. The average molecular weight is 374 g/mol. The molecule has 1 N–H and O–H groups in total. The van der Waals surface area contributed by atoms with Crippen molar-refractivity contribution < 1.29 is 9.53 Å². The van der Waals surface area contributed by atoms with Gasteiger partial charge in [0.25, 0.3) is 0 Å². The van der Waals surface area contributed by atoms with Gasteiger partial charge in [-0.05, 0) is 62.1 Å². The van der Waals surface area contributed by atoms with Gasteiger partial charge in [0.05, 0.1) is 12.5 Å². The minimum absolute atomic E-state index is 0.0717. The highest BCUT2D eigenvalue weighted by Gasteiger charge is 2.32. The lowest BCUT2D eigenvalue weighted by Crippen LogP contribution is -2.14. The number of aryl methyl sites for hydroxylation is 2. The third kappa shape index (κ3) is 3.13. The molecule has 0 saturated carbocycles. The molecule has 23 heavy (non-hydrogen) atoms. The summed E-state index contributed by atoms with van der Waals surface area (Å²) in [6.07, 6.45) is 0.656. The lowest BCUT2D eigenvalue weighted by Gasteiger charge is -2.13. The van der Waals surface area contributed by atoms with E-state index >= 15 is 0 Å². The van der Waals surface area contributed by atoms with Crippen LogP contribution in [0.25, 0.3) is 0 Å². The van der Waals surface area contributed by atoms with Crippen LogP contribution in [0.2, 0.25) is 0 Å². The third-order valence-corrected chi connectivity index (χ3v) is 4.98. The highest BCUT2D eigenvalue weighted by atomic mass is 79.9. The quantitative estimate of drug-likeness (QED) is 0.839. The number of nitrogens with one attached hydrogen (secondary N) is 1. The van der Waals surface area contributed by atoms with Crippen LogP contribution in [-0.4, -0.2) is 12.5 Å². The standard InChI is InChI=1S/C19H20BrNO2/c1-4-23-14-5-6-17(20)13(9-14)10-16-15-8-11(2)7-12(3)18(15)21-19(16)22/h5-9,16H,4,10H2,1-3H3,(H,21,22). The minimum Gasteiger partial charge on any atom is -0.494 e. The minimum atomic E-state index is -0.156. The van der Waals surface area contributed by atoms with Crippen molar-refractivity contribution in [3.63, 3.8) is 0 Å². The largest absolute Gasteiger partial charge is 0.494 e. The third-order valence-electron chi connectivity index (χ3n) is 4.20. The van der Waals surface area contributed by atoms with Gasteiger partial charge in [-0.2, -0.15) is 0 Å². The van der Waals surface area contributed by atoms with Crippen molar-refractivity contribution in [1.29, 1.82) is 0 Å². The van der Waals surface area contributed by atoms with Gasteiger partial charge < -0.3 is 10.1 Å². The first-order valence-electron chi connectivity index (χ1n) is 7.82. The summed E-state index contributed by atoms with van der Waals surface area (Å²) < 4.78 is 6.59. The highest BCUT2D eigenvalue weighted by Crippen LogP contribution is 2.39. The second kappa shape index (κ2) is 6.36. The van der Waals surface area contributed by atoms with Gasteiger partial charge in [0, 0.05) is 10.2 Å². The number of rotatable bonds is 4. The zero-order valence-corrected chi connectivity index (χ0v) is 15.2. The van der Waals surface area contributed by atoms with Crippen molar-refractivity contribution in [2.45, 2.75) is 33.1 Å². The Hall–Kier alpha value is -1.81. The van der Waals surface area contributed by atoms with E-state index in [2.05, 4.69) is 40.3 Å². The maximum absolute atomic E-state index is 12.5. The molecule has 0 aliphatic carbocycles. The lowest BCUT2D eigenvalue weighted by atomic mass is 9.91. The summed E-state index contributed by atoms with van der Waals surface area (Å²) in [5, 5.41) is 3.04. The molecule has 1 aliphatic heterocycles. The summed E-state index contributed by atoms with van der Waals surface area (Å²) in [6, 6.07) is 10.2. The van der Waals surface area contributed by atoms with Gasteiger partial charge in [-0.25, -0.2) is 0 Å². The van der Waals surface area contributed by atoms with Crippen LogP contribution < -0.4 is 10.1 Å². The molecule has 0 saturated heterocycles. The molecule has 120 valence electrons. The Balaban J connectivity index is 1.96. The number of amides is 1. The Kier molecular flexibility index (Phi) is 4.44. The molecule has 0 bridgehead atoms.